The van der Waals surface area contributed by atoms with E-state index in [0.717, 1.165) is 43.0 Å². The van der Waals surface area contributed by atoms with Crippen LogP contribution in [0.15, 0.2) is 36.8 Å². The summed E-state index contributed by atoms with van der Waals surface area (Å²) in [4.78, 5) is 24.6. The van der Waals surface area contributed by atoms with Crippen LogP contribution in [0, 0.1) is 0 Å². The number of methoxy groups -OCH3 is 1. The third kappa shape index (κ3) is 2.96. The molecule has 3 aromatic rings. The van der Waals surface area contributed by atoms with Gasteiger partial charge in [-0.1, -0.05) is 0 Å². The van der Waals surface area contributed by atoms with Crippen LogP contribution in [0.5, 0.6) is 5.75 Å². The molecule has 1 aliphatic rings. The van der Waals surface area contributed by atoms with Gasteiger partial charge in [0, 0.05) is 30.2 Å². The molecule has 0 unspecified atom stereocenters. The van der Waals surface area contributed by atoms with Gasteiger partial charge in [-0.3, -0.25) is 0 Å². The van der Waals surface area contributed by atoms with Crippen molar-refractivity contribution in [2.45, 2.75) is 18.8 Å². The van der Waals surface area contributed by atoms with Gasteiger partial charge in [-0.05, 0) is 42.5 Å². The first-order valence-electron chi connectivity index (χ1n) is 8.61. The lowest BCUT2D eigenvalue weighted by molar-refractivity contribution is 0.0690. The van der Waals surface area contributed by atoms with E-state index in [1.807, 2.05) is 12.1 Å². The summed E-state index contributed by atoms with van der Waals surface area (Å²) in [6, 6.07) is 6.10. The summed E-state index contributed by atoms with van der Waals surface area (Å²) in [6.45, 7) is 1.73. The van der Waals surface area contributed by atoms with E-state index in [-0.39, 0.29) is 5.69 Å². The van der Waals surface area contributed by atoms with Crippen LogP contribution in [0.25, 0.3) is 10.9 Å². The fourth-order valence-corrected chi connectivity index (χ4v) is 3.60. The van der Waals surface area contributed by atoms with Crippen LogP contribution in [-0.2, 0) is 0 Å². The summed E-state index contributed by atoms with van der Waals surface area (Å²) in [5.41, 5.74) is 2.42. The van der Waals surface area contributed by atoms with E-state index < -0.39 is 5.97 Å². The molecule has 0 saturated carbocycles. The number of carboxylic acid groups (broad SMARTS) is 1. The van der Waals surface area contributed by atoms with Crippen molar-refractivity contribution in [3.05, 3.63) is 48.0 Å². The molecule has 134 valence electrons. The number of aromatic nitrogens is 3. The molecular weight excluding hydrogens is 332 g/mol. The minimum Gasteiger partial charge on any atom is -0.497 e. The summed E-state index contributed by atoms with van der Waals surface area (Å²) in [7, 11) is 1.68. The van der Waals surface area contributed by atoms with E-state index in [1.54, 1.807) is 13.3 Å². The normalized spacial score (nSPS) is 15.3. The smallest absolute Gasteiger partial charge is 0.356 e. The first-order valence-corrected chi connectivity index (χ1v) is 8.61. The van der Waals surface area contributed by atoms with Crippen molar-refractivity contribution in [3.63, 3.8) is 0 Å². The molecule has 7 heteroatoms. The topological polar surface area (TPSA) is 91.3 Å². The van der Waals surface area contributed by atoms with Gasteiger partial charge in [0.1, 0.15) is 11.6 Å². The summed E-state index contributed by atoms with van der Waals surface area (Å²) in [5.74, 6) is 1.01. The zero-order valence-corrected chi connectivity index (χ0v) is 14.5. The Hall–Kier alpha value is -3.09. The molecule has 26 heavy (non-hydrogen) atoms. The standard InChI is InChI=1S/C19H20N4O3/c1-26-13-2-3-16-14(8-13)15(9-20-16)12-4-6-23(7-5-12)18-11-21-17(10-22-18)19(24)25/h2-3,8-12,20H,4-7H2,1H3,(H,24,25). The second kappa shape index (κ2) is 6.67. The zero-order valence-electron chi connectivity index (χ0n) is 14.5. The molecule has 7 nitrogen and oxygen atoms in total. The molecule has 1 aromatic carbocycles. The molecule has 3 heterocycles. The minimum absolute atomic E-state index is 0.0311. The van der Waals surface area contributed by atoms with Gasteiger partial charge in [0.2, 0.25) is 0 Å². The fourth-order valence-electron chi connectivity index (χ4n) is 3.60. The number of nitrogens with zero attached hydrogens (tertiary/aromatic N) is 3. The molecule has 0 atom stereocenters. The second-order valence-electron chi connectivity index (χ2n) is 6.48. The van der Waals surface area contributed by atoms with Crippen LogP contribution in [-0.4, -0.2) is 46.2 Å². The molecular formula is C19H20N4O3. The third-order valence-corrected chi connectivity index (χ3v) is 5.04. The Kier molecular flexibility index (Phi) is 4.20. The number of fused-ring (bicyclic) bond motifs is 1. The molecule has 1 aliphatic heterocycles. The van der Waals surface area contributed by atoms with Crippen LogP contribution in [0.2, 0.25) is 0 Å². The molecule has 1 fully saturated rings. The molecule has 1 saturated heterocycles. The second-order valence-corrected chi connectivity index (χ2v) is 6.48. The maximum absolute atomic E-state index is 10.9. The largest absolute Gasteiger partial charge is 0.497 e. The summed E-state index contributed by atoms with van der Waals surface area (Å²) in [5, 5.41) is 10.1. The van der Waals surface area contributed by atoms with Gasteiger partial charge >= 0.3 is 5.97 Å². The van der Waals surface area contributed by atoms with Crippen molar-refractivity contribution < 1.29 is 14.6 Å². The number of anilines is 1. The summed E-state index contributed by atoms with van der Waals surface area (Å²) < 4.78 is 5.36. The van der Waals surface area contributed by atoms with Crippen molar-refractivity contribution in [2.24, 2.45) is 0 Å². The number of benzene rings is 1. The van der Waals surface area contributed by atoms with Gasteiger partial charge in [0.25, 0.3) is 0 Å². The Morgan fingerprint density at radius 3 is 2.73 bits per heavy atom. The average Bonchev–Trinajstić information content (AvgIpc) is 3.11. The maximum Gasteiger partial charge on any atom is 0.356 e. The first-order chi connectivity index (χ1) is 12.7. The van der Waals surface area contributed by atoms with Crippen molar-refractivity contribution in [2.75, 3.05) is 25.1 Å². The monoisotopic (exact) mass is 352 g/mol. The molecule has 0 bridgehead atoms. The molecule has 2 N–H and O–H groups in total. The van der Waals surface area contributed by atoms with E-state index in [9.17, 15) is 4.79 Å². The SMILES string of the molecule is COc1ccc2[nH]cc(C3CCN(c4cnc(C(=O)O)cn4)CC3)c2c1. The Labute approximate surface area is 150 Å². The van der Waals surface area contributed by atoms with Crippen LogP contribution in [0.4, 0.5) is 5.82 Å². The van der Waals surface area contributed by atoms with Crippen molar-refractivity contribution in [3.8, 4) is 5.75 Å². The number of piperidine rings is 1. The summed E-state index contributed by atoms with van der Waals surface area (Å²) >= 11 is 0. The van der Waals surface area contributed by atoms with E-state index in [4.69, 9.17) is 9.84 Å². The first kappa shape index (κ1) is 16.4. The Bertz CT molecular complexity index is 928. The van der Waals surface area contributed by atoms with Gasteiger partial charge in [-0.15, -0.1) is 0 Å². The van der Waals surface area contributed by atoms with E-state index in [2.05, 4.69) is 32.1 Å². The third-order valence-electron chi connectivity index (χ3n) is 5.04. The Balaban J connectivity index is 1.49. The average molecular weight is 352 g/mol. The number of H-pyrrole nitrogens is 1. The number of carbonyl (C=O) groups is 1. The fraction of sp³-hybridized carbons (Fsp3) is 0.316. The highest BCUT2D eigenvalue weighted by atomic mass is 16.5. The molecule has 0 amide bonds. The highest BCUT2D eigenvalue weighted by Crippen LogP contribution is 2.35. The van der Waals surface area contributed by atoms with E-state index in [1.165, 1.54) is 17.1 Å². The van der Waals surface area contributed by atoms with Gasteiger partial charge in [-0.2, -0.15) is 0 Å². The van der Waals surface area contributed by atoms with Gasteiger partial charge in [-0.25, -0.2) is 14.8 Å². The molecule has 0 aliphatic carbocycles. The van der Waals surface area contributed by atoms with Gasteiger partial charge < -0.3 is 19.7 Å². The molecule has 0 radical (unpaired) electrons. The van der Waals surface area contributed by atoms with Crippen molar-refractivity contribution in [1.82, 2.24) is 15.0 Å². The quantitative estimate of drug-likeness (QED) is 0.750. The molecule has 0 spiro atoms. The number of rotatable bonds is 4. The minimum atomic E-state index is -1.06. The lowest BCUT2D eigenvalue weighted by Gasteiger charge is -2.32. The Morgan fingerprint density at radius 1 is 1.27 bits per heavy atom. The van der Waals surface area contributed by atoms with Crippen molar-refractivity contribution >= 4 is 22.7 Å². The van der Waals surface area contributed by atoms with E-state index in [0.29, 0.717) is 5.92 Å². The number of ether oxygens (including phenoxy) is 1. The van der Waals surface area contributed by atoms with Crippen LogP contribution >= 0.6 is 0 Å². The van der Waals surface area contributed by atoms with Gasteiger partial charge in [0.05, 0.1) is 19.5 Å². The number of aromatic amines is 1. The van der Waals surface area contributed by atoms with Crippen LogP contribution in [0.1, 0.15) is 34.8 Å². The van der Waals surface area contributed by atoms with Gasteiger partial charge in [0.15, 0.2) is 5.69 Å². The molecule has 4 rings (SSSR count). The summed E-state index contributed by atoms with van der Waals surface area (Å²) in [6.07, 6.45) is 6.97. The predicted octanol–water partition coefficient (Wildman–Crippen LogP) is 3.05. The number of hydrogen-bond acceptors (Lipinski definition) is 5. The number of nitrogens with one attached hydrogen (secondary N) is 1. The van der Waals surface area contributed by atoms with Crippen LogP contribution < -0.4 is 9.64 Å². The number of aromatic carboxylic acids is 1. The lowest BCUT2D eigenvalue weighted by Crippen LogP contribution is -2.33. The molecule has 2 aromatic heterocycles. The maximum atomic E-state index is 10.9. The number of carboxylic acids is 1. The lowest BCUT2D eigenvalue weighted by atomic mass is 9.89. The highest BCUT2D eigenvalue weighted by molar-refractivity contribution is 5.85. The number of hydrogen-bond donors (Lipinski definition) is 2. The van der Waals surface area contributed by atoms with Crippen LogP contribution in [0.3, 0.4) is 0 Å². The highest BCUT2D eigenvalue weighted by Gasteiger charge is 2.24. The van der Waals surface area contributed by atoms with E-state index >= 15 is 0 Å². The zero-order chi connectivity index (χ0) is 18.1. The van der Waals surface area contributed by atoms with Crippen molar-refractivity contribution in [1.29, 1.82) is 0 Å². The predicted molar refractivity (Wildman–Crippen MR) is 98.0 cm³/mol. The Morgan fingerprint density at radius 2 is 2.08 bits per heavy atom.